The molecule has 0 radical (unpaired) electrons. The van der Waals surface area contributed by atoms with Crippen molar-refractivity contribution in [1.82, 2.24) is 15.1 Å². The topological polar surface area (TPSA) is 72.9 Å². The Hall–Kier alpha value is -1.30. The number of likely N-dealkylation sites (N-methyl/N-ethyl adjacent to an activating group) is 1. The lowest BCUT2D eigenvalue weighted by Gasteiger charge is -2.22. The number of rotatable bonds is 5. The third-order valence-electron chi connectivity index (χ3n) is 3.46. The molecule has 1 rings (SSSR count). The lowest BCUT2D eigenvalue weighted by atomic mass is 10.1. The summed E-state index contributed by atoms with van der Waals surface area (Å²) in [4.78, 5) is 26.5. The summed E-state index contributed by atoms with van der Waals surface area (Å²) in [5.74, 6) is -0.594. The Bertz CT molecular complexity index is 310. The summed E-state index contributed by atoms with van der Waals surface area (Å²) in [5.41, 5.74) is 0. The van der Waals surface area contributed by atoms with Gasteiger partial charge in [0.15, 0.2) is 0 Å². The predicted molar refractivity (Wildman–Crippen MR) is 73.1 cm³/mol. The smallest absolute Gasteiger partial charge is 0.317 e. The first-order valence-corrected chi connectivity index (χ1v) is 6.92. The molecule has 1 aliphatic heterocycles. The first-order chi connectivity index (χ1) is 8.99. The van der Waals surface area contributed by atoms with Crippen molar-refractivity contribution < 1.29 is 14.7 Å². The molecule has 2 amide bonds. The van der Waals surface area contributed by atoms with E-state index >= 15 is 0 Å². The fraction of sp³-hybridized carbons (Fsp3) is 0.846. The minimum Gasteiger partial charge on any atom is -0.481 e. The number of carbonyl (C=O) groups is 2. The van der Waals surface area contributed by atoms with Crippen molar-refractivity contribution in [3.8, 4) is 0 Å². The standard InChI is InChI=1S/C13H25N3O3/c1-11(4-5-12(17)18)10-14-13(19)16-7-3-6-15(2)8-9-16/h11H,3-10H2,1-2H3,(H,14,19)(H,17,18). The normalized spacial score (nSPS) is 18.7. The van der Waals surface area contributed by atoms with Crippen LogP contribution in [0.1, 0.15) is 26.2 Å². The van der Waals surface area contributed by atoms with Gasteiger partial charge in [0.1, 0.15) is 0 Å². The highest BCUT2D eigenvalue weighted by molar-refractivity contribution is 5.74. The van der Waals surface area contributed by atoms with Crippen molar-refractivity contribution in [1.29, 1.82) is 0 Å². The minimum atomic E-state index is -0.784. The zero-order valence-electron chi connectivity index (χ0n) is 11.9. The van der Waals surface area contributed by atoms with Gasteiger partial charge in [0.25, 0.3) is 0 Å². The van der Waals surface area contributed by atoms with Gasteiger partial charge in [-0.25, -0.2) is 4.79 Å². The molecule has 1 fully saturated rings. The van der Waals surface area contributed by atoms with Crippen LogP contribution in [0.3, 0.4) is 0 Å². The van der Waals surface area contributed by atoms with E-state index < -0.39 is 5.97 Å². The SMILES string of the molecule is CC(CCC(=O)O)CNC(=O)N1CCCN(C)CC1. The van der Waals surface area contributed by atoms with E-state index in [4.69, 9.17) is 5.11 Å². The Morgan fingerprint density at radius 3 is 2.68 bits per heavy atom. The fourth-order valence-corrected chi connectivity index (χ4v) is 2.09. The zero-order chi connectivity index (χ0) is 14.3. The molecule has 6 nitrogen and oxygen atoms in total. The first kappa shape index (κ1) is 15.8. The Morgan fingerprint density at radius 2 is 2.00 bits per heavy atom. The Balaban J connectivity index is 2.24. The molecule has 1 heterocycles. The van der Waals surface area contributed by atoms with Gasteiger partial charge < -0.3 is 20.2 Å². The number of amides is 2. The summed E-state index contributed by atoms with van der Waals surface area (Å²) in [7, 11) is 2.06. The molecule has 0 saturated carbocycles. The summed E-state index contributed by atoms with van der Waals surface area (Å²) in [6.07, 6.45) is 1.75. The molecule has 1 unspecified atom stereocenters. The molecule has 0 aromatic rings. The van der Waals surface area contributed by atoms with Crippen molar-refractivity contribution in [3.63, 3.8) is 0 Å². The summed E-state index contributed by atoms with van der Waals surface area (Å²) >= 11 is 0. The largest absolute Gasteiger partial charge is 0.481 e. The summed E-state index contributed by atoms with van der Waals surface area (Å²) in [5, 5.41) is 11.5. The van der Waals surface area contributed by atoms with Crippen LogP contribution >= 0.6 is 0 Å². The monoisotopic (exact) mass is 271 g/mol. The van der Waals surface area contributed by atoms with Crippen molar-refractivity contribution >= 4 is 12.0 Å². The molecule has 2 N–H and O–H groups in total. The van der Waals surface area contributed by atoms with E-state index in [0.29, 0.717) is 13.0 Å². The molecule has 1 aliphatic rings. The highest BCUT2D eigenvalue weighted by Crippen LogP contribution is 2.05. The molecule has 0 aromatic carbocycles. The number of aliphatic carboxylic acids is 1. The van der Waals surface area contributed by atoms with E-state index in [1.54, 1.807) is 0 Å². The maximum atomic E-state index is 12.0. The first-order valence-electron chi connectivity index (χ1n) is 6.92. The van der Waals surface area contributed by atoms with Crippen LogP contribution < -0.4 is 5.32 Å². The quantitative estimate of drug-likeness (QED) is 0.777. The second kappa shape index (κ2) is 7.99. The van der Waals surface area contributed by atoms with E-state index in [1.807, 2.05) is 11.8 Å². The van der Waals surface area contributed by atoms with Gasteiger partial charge in [0, 0.05) is 32.6 Å². The summed E-state index contributed by atoms with van der Waals surface area (Å²) in [6.45, 7) is 5.98. The van der Waals surface area contributed by atoms with E-state index in [0.717, 1.165) is 32.6 Å². The molecular weight excluding hydrogens is 246 g/mol. The third kappa shape index (κ3) is 6.42. The van der Waals surface area contributed by atoms with Gasteiger partial charge in [-0.2, -0.15) is 0 Å². The maximum Gasteiger partial charge on any atom is 0.317 e. The van der Waals surface area contributed by atoms with Crippen molar-refractivity contribution in [2.24, 2.45) is 5.92 Å². The molecule has 0 aromatic heterocycles. The zero-order valence-corrected chi connectivity index (χ0v) is 11.9. The van der Waals surface area contributed by atoms with Gasteiger partial charge in [-0.3, -0.25) is 4.79 Å². The van der Waals surface area contributed by atoms with Crippen LogP contribution in [-0.2, 0) is 4.79 Å². The number of carboxylic acids is 1. The second-order valence-electron chi connectivity index (χ2n) is 5.37. The Labute approximate surface area is 114 Å². The Morgan fingerprint density at radius 1 is 1.26 bits per heavy atom. The number of nitrogens with one attached hydrogen (secondary N) is 1. The molecule has 0 bridgehead atoms. The summed E-state index contributed by atoms with van der Waals surface area (Å²) < 4.78 is 0. The number of urea groups is 1. The lowest BCUT2D eigenvalue weighted by Crippen LogP contribution is -2.43. The molecule has 0 aliphatic carbocycles. The van der Waals surface area contributed by atoms with E-state index in [1.165, 1.54) is 0 Å². The lowest BCUT2D eigenvalue weighted by molar-refractivity contribution is -0.137. The van der Waals surface area contributed by atoms with Crippen molar-refractivity contribution in [2.75, 3.05) is 39.8 Å². The van der Waals surface area contributed by atoms with Crippen LogP contribution in [0.5, 0.6) is 0 Å². The van der Waals surface area contributed by atoms with Gasteiger partial charge in [-0.1, -0.05) is 6.92 Å². The van der Waals surface area contributed by atoms with Gasteiger partial charge in [-0.05, 0) is 32.4 Å². The van der Waals surface area contributed by atoms with Gasteiger partial charge in [0.05, 0.1) is 0 Å². The van der Waals surface area contributed by atoms with Gasteiger partial charge >= 0.3 is 12.0 Å². The number of nitrogens with zero attached hydrogens (tertiary/aromatic N) is 2. The number of carboxylic acid groups (broad SMARTS) is 1. The molecule has 1 saturated heterocycles. The molecular formula is C13H25N3O3. The van der Waals surface area contributed by atoms with E-state index in [2.05, 4.69) is 17.3 Å². The second-order valence-corrected chi connectivity index (χ2v) is 5.37. The van der Waals surface area contributed by atoms with Crippen molar-refractivity contribution in [2.45, 2.75) is 26.2 Å². The molecule has 1 atom stereocenters. The van der Waals surface area contributed by atoms with Crippen LogP contribution in [0.15, 0.2) is 0 Å². The van der Waals surface area contributed by atoms with Gasteiger partial charge in [-0.15, -0.1) is 0 Å². The Kier molecular flexibility index (Phi) is 6.62. The number of hydrogen-bond donors (Lipinski definition) is 2. The van der Waals surface area contributed by atoms with Crippen LogP contribution in [-0.4, -0.2) is 66.7 Å². The van der Waals surface area contributed by atoms with E-state index in [-0.39, 0.29) is 18.4 Å². The third-order valence-corrected chi connectivity index (χ3v) is 3.46. The summed E-state index contributed by atoms with van der Waals surface area (Å²) in [6, 6.07) is -0.0301. The van der Waals surface area contributed by atoms with Crippen molar-refractivity contribution in [3.05, 3.63) is 0 Å². The number of hydrogen-bond acceptors (Lipinski definition) is 3. The highest BCUT2D eigenvalue weighted by atomic mass is 16.4. The van der Waals surface area contributed by atoms with Crippen LogP contribution in [0.2, 0.25) is 0 Å². The molecule has 0 spiro atoms. The predicted octanol–water partition coefficient (Wildman–Crippen LogP) is 0.834. The molecule has 110 valence electrons. The minimum absolute atomic E-state index is 0.0301. The van der Waals surface area contributed by atoms with Crippen LogP contribution in [0.25, 0.3) is 0 Å². The molecule has 19 heavy (non-hydrogen) atoms. The van der Waals surface area contributed by atoms with Crippen LogP contribution in [0.4, 0.5) is 4.79 Å². The fourth-order valence-electron chi connectivity index (χ4n) is 2.09. The van der Waals surface area contributed by atoms with Crippen LogP contribution in [0, 0.1) is 5.92 Å². The maximum absolute atomic E-state index is 12.0. The highest BCUT2D eigenvalue weighted by Gasteiger charge is 2.17. The number of carbonyl (C=O) groups excluding carboxylic acids is 1. The van der Waals surface area contributed by atoms with Gasteiger partial charge in [0.2, 0.25) is 0 Å². The average Bonchev–Trinajstić information content (AvgIpc) is 2.58. The molecule has 6 heteroatoms. The van der Waals surface area contributed by atoms with E-state index in [9.17, 15) is 9.59 Å². The average molecular weight is 271 g/mol.